The Morgan fingerprint density at radius 1 is 1.24 bits per heavy atom. The third-order valence-electron chi connectivity index (χ3n) is 2.70. The predicted octanol–water partition coefficient (Wildman–Crippen LogP) is 3.39. The normalized spacial score (nSPS) is 12.5. The lowest BCUT2D eigenvalue weighted by molar-refractivity contribution is -0.136. The number of hydrogen-bond acceptors (Lipinski definition) is 4. The smallest absolute Gasteiger partial charge is 0.389 e. The topological polar surface area (TPSA) is 47.0 Å². The molecule has 1 N–H and O–H groups in total. The molecule has 0 saturated heterocycles. The Morgan fingerprint density at radius 2 is 1.90 bits per heavy atom. The summed E-state index contributed by atoms with van der Waals surface area (Å²) in [6, 6.07) is 0.120. The zero-order chi connectivity index (χ0) is 16.1. The van der Waals surface area contributed by atoms with Gasteiger partial charge in [-0.1, -0.05) is 0 Å². The van der Waals surface area contributed by atoms with Gasteiger partial charge >= 0.3 is 12.2 Å². The molecule has 0 saturated carbocycles. The Labute approximate surface area is 123 Å². The van der Waals surface area contributed by atoms with E-state index in [0.717, 1.165) is 11.3 Å². The first-order valence-electron chi connectivity index (χ1n) is 6.84. The summed E-state index contributed by atoms with van der Waals surface area (Å²) in [4.78, 5) is 8.17. The van der Waals surface area contributed by atoms with E-state index in [9.17, 15) is 13.2 Å². The highest BCUT2D eigenvalue weighted by Gasteiger charge is 2.26. The molecule has 0 fully saturated rings. The van der Waals surface area contributed by atoms with Crippen molar-refractivity contribution in [1.29, 1.82) is 0 Å². The molecule has 1 rings (SSSR count). The van der Waals surface area contributed by atoms with Gasteiger partial charge in [0.1, 0.15) is 0 Å². The third-order valence-corrected chi connectivity index (χ3v) is 2.70. The molecule has 0 bridgehead atoms. The van der Waals surface area contributed by atoms with E-state index in [2.05, 4.69) is 36.1 Å². The summed E-state index contributed by atoms with van der Waals surface area (Å²) in [7, 11) is 0. The van der Waals surface area contributed by atoms with Gasteiger partial charge in [0, 0.05) is 36.0 Å². The van der Waals surface area contributed by atoms with E-state index in [1.807, 2.05) is 6.92 Å². The number of nitrogens with one attached hydrogen (secondary N) is 1. The molecule has 1 aromatic rings. The van der Waals surface area contributed by atoms with E-state index in [1.54, 1.807) is 6.20 Å². The summed E-state index contributed by atoms with van der Waals surface area (Å²) in [6.45, 7) is 8.58. The third kappa shape index (κ3) is 7.84. The molecular formula is C14H22F3N3O. The number of nitrogens with zero attached hydrogens (tertiary/aromatic N) is 2. The van der Waals surface area contributed by atoms with E-state index in [4.69, 9.17) is 4.74 Å². The molecule has 0 aliphatic carbocycles. The first-order valence-corrected chi connectivity index (χ1v) is 6.84. The van der Waals surface area contributed by atoms with Crippen LogP contribution in [0.3, 0.4) is 0 Å². The van der Waals surface area contributed by atoms with Crippen LogP contribution >= 0.6 is 0 Å². The maximum Gasteiger partial charge on any atom is 0.389 e. The Kier molecular flexibility index (Phi) is 5.95. The second kappa shape index (κ2) is 7.06. The summed E-state index contributed by atoms with van der Waals surface area (Å²) in [5, 5.41) is 3.32. The molecule has 0 radical (unpaired) electrons. The van der Waals surface area contributed by atoms with Crippen LogP contribution in [-0.2, 0) is 6.54 Å². The van der Waals surface area contributed by atoms with Gasteiger partial charge in [0.2, 0.25) is 0 Å². The molecule has 1 heterocycles. The van der Waals surface area contributed by atoms with Crippen LogP contribution in [0.5, 0.6) is 6.01 Å². The summed E-state index contributed by atoms with van der Waals surface area (Å²) in [5.41, 5.74) is 1.68. The zero-order valence-electron chi connectivity index (χ0n) is 12.8. The van der Waals surface area contributed by atoms with Crippen molar-refractivity contribution in [2.75, 3.05) is 6.61 Å². The van der Waals surface area contributed by atoms with Crippen LogP contribution in [-0.4, -0.2) is 28.3 Å². The Hall–Kier alpha value is -1.37. The summed E-state index contributed by atoms with van der Waals surface area (Å²) in [6.07, 6.45) is -3.47. The van der Waals surface area contributed by atoms with E-state index in [0.29, 0.717) is 6.54 Å². The average molecular weight is 305 g/mol. The van der Waals surface area contributed by atoms with Crippen molar-refractivity contribution in [3.8, 4) is 6.01 Å². The van der Waals surface area contributed by atoms with Gasteiger partial charge in [-0.25, -0.2) is 9.97 Å². The van der Waals surface area contributed by atoms with Crippen LogP contribution in [0, 0.1) is 6.92 Å². The second-order valence-corrected chi connectivity index (χ2v) is 5.93. The van der Waals surface area contributed by atoms with Crippen molar-refractivity contribution in [3.05, 3.63) is 17.5 Å². The summed E-state index contributed by atoms with van der Waals surface area (Å²) < 4.78 is 41.1. The molecule has 4 nitrogen and oxygen atoms in total. The van der Waals surface area contributed by atoms with Gasteiger partial charge in [-0.05, 0) is 34.1 Å². The zero-order valence-corrected chi connectivity index (χ0v) is 12.8. The van der Waals surface area contributed by atoms with Crippen molar-refractivity contribution < 1.29 is 17.9 Å². The molecule has 0 aliphatic heterocycles. The van der Waals surface area contributed by atoms with Crippen molar-refractivity contribution in [2.45, 2.75) is 58.8 Å². The fraction of sp³-hybridized carbons (Fsp3) is 0.714. The highest BCUT2D eigenvalue weighted by molar-refractivity contribution is 5.17. The average Bonchev–Trinajstić information content (AvgIpc) is 2.31. The van der Waals surface area contributed by atoms with E-state index in [1.165, 1.54) is 0 Å². The Morgan fingerprint density at radius 3 is 2.43 bits per heavy atom. The lowest BCUT2D eigenvalue weighted by Gasteiger charge is -2.21. The molecule has 0 spiro atoms. The van der Waals surface area contributed by atoms with Gasteiger partial charge < -0.3 is 10.1 Å². The van der Waals surface area contributed by atoms with Gasteiger partial charge in [0.15, 0.2) is 0 Å². The lowest BCUT2D eigenvalue weighted by atomic mass is 10.1. The lowest BCUT2D eigenvalue weighted by Crippen LogP contribution is -2.35. The summed E-state index contributed by atoms with van der Waals surface area (Å²) in [5.74, 6) is 0. The largest absolute Gasteiger partial charge is 0.463 e. The van der Waals surface area contributed by atoms with Crippen LogP contribution in [0.1, 0.15) is 44.9 Å². The van der Waals surface area contributed by atoms with E-state index >= 15 is 0 Å². The number of hydrogen-bond donors (Lipinski definition) is 1. The molecule has 21 heavy (non-hydrogen) atoms. The first-order chi connectivity index (χ1) is 9.57. The number of alkyl halides is 3. The van der Waals surface area contributed by atoms with Crippen molar-refractivity contribution >= 4 is 0 Å². The number of aryl methyl sites for hydroxylation is 1. The number of ether oxygens (including phenoxy) is 1. The highest BCUT2D eigenvalue weighted by atomic mass is 19.4. The minimum Gasteiger partial charge on any atom is -0.463 e. The van der Waals surface area contributed by atoms with Gasteiger partial charge in [-0.3, -0.25) is 0 Å². The van der Waals surface area contributed by atoms with Crippen molar-refractivity contribution in [3.63, 3.8) is 0 Å². The summed E-state index contributed by atoms with van der Waals surface area (Å²) >= 11 is 0. The monoisotopic (exact) mass is 305 g/mol. The molecule has 0 aromatic carbocycles. The number of rotatable bonds is 6. The first kappa shape index (κ1) is 17.7. The second-order valence-electron chi connectivity index (χ2n) is 5.93. The molecule has 1 aromatic heterocycles. The molecule has 0 amide bonds. The SMILES string of the molecule is Cc1nc(OCCCC(F)(F)F)ncc1CNC(C)(C)C. The predicted molar refractivity (Wildman–Crippen MR) is 74.1 cm³/mol. The number of aromatic nitrogens is 2. The van der Waals surface area contributed by atoms with Crippen molar-refractivity contribution in [2.24, 2.45) is 0 Å². The van der Waals surface area contributed by atoms with Crippen LogP contribution in [0.2, 0.25) is 0 Å². The van der Waals surface area contributed by atoms with E-state index < -0.39 is 12.6 Å². The van der Waals surface area contributed by atoms with Gasteiger partial charge in [-0.15, -0.1) is 0 Å². The van der Waals surface area contributed by atoms with Crippen LogP contribution in [0.15, 0.2) is 6.20 Å². The van der Waals surface area contributed by atoms with Crippen LogP contribution < -0.4 is 10.1 Å². The van der Waals surface area contributed by atoms with Gasteiger partial charge in [0.25, 0.3) is 0 Å². The molecule has 7 heteroatoms. The maximum atomic E-state index is 12.0. The Balaban J connectivity index is 2.46. The highest BCUT2D eigenvalue weighted by Crippen LogP contribution is 2.21. The molecule has 0 atom stereocenters. The van der Waals surface area contributed by atoms with E-state index in [-0.39, 0.29) is 24.6 Å². The molecule has 0 unspecified atom stereocenters. The van der Waals surface area contributed by atoms with Gasteiger partial charge in [0.05, 0.1) is 6.61 Å². The number of halogens is 3. The van der Waals surface area contributed by atoms with Crippen LogP contribution in [0.4, 0.5) is 13.2 Å². The Bertz CT molecular complexity index is 456. The standard InChI is InChI=1S/C14H22F3N3O/c1-10-11(9-19-13(2,3)4)8-18-12(20-10)21-7-5-6-14(15,16)17/h8,19H,5-7,9H2,1-4H3. The minimum atomic E-state index is -4.15. The molecule has 120 valence electrons. The quantitative estimate of drug-likeness (QED) is 0.818. The fourth-order valence-corrected chi connectivity index (χ4v) is 1.51. The fourth-order valence-electron chi connectivity index (χ4n) is 1.51. The van der Waals surface area contributed by atoms with Gasteiger partial charge in [-0.2, -0.15) is 13.2 Å². The van der Waals surface area contributed by atoms with Crippen molar-refractivity contribution in [1.82, 2.24) is 15.3 Å². The minimum absolute atomic E-state index is 0.0147. The molecular weight excluding hydrogens is 283 g/mol. The molecule has 0 aliphatic rings. The van der Waals surface area contributed by atoms with Crippen LogP contribution in [0.25, 0.3) is 0 Å². The maximum absolute atomic E-state index is 12.0.